The maximum absolute atomic E-state index is 12.6. The van der Waals surface area contributed by atoms with Gasteiger partial charge in [-0.2, -0.15) is 4.98 Å². The van der Waals surface area contributed by atoms with Crippen LogP contribution in [0.4, 0.5) is 0 Å². The first-order valence-corrected chi connectivity index (χ1v) is 8.51. The van der Waals surface area contributed by atoms with Crippen LogP contribution in [-0.4, -0.2) is 32.1 Å². The van der Waals surface area contributed by atoms with Crippen LogP contribution in [0.5, 0.6) is 0 Å². The lowest BCUT2D eigenvalue weighted by Gasteiger charge is -2.22. The van der Waals surface area contributed by atoms with Gasteiger partial charge in [0, 0.05) is 37.7 Å². The zero-order valence-electron chi connectivity index (χ0n) is 13.4. The molecule has 1 aliphatic heterocycles. The summed E-state index contributed by atoms with van der Waals surface area (Å²) in [6.45, 7) is 1.10. The third kappa shape index (κ3) is 2.98. The van der Waals surface area contributed by atoms with E-state index in [1.807, 2.05) is 4.90 Å². The Labute approximate surface area is 139 Å². The summed E-state index contributed by atoms with van der Waals surface area (Å²) in [6, 6.07) is 4.90. The van der Waals surface area contributed by atoms with E-state index in [-0.39, 0.29) is 17.5 Å². The minimum Gasteiger partial charge on any atom is -0.339 e. The lowest BCUT2D eigenvalue weighted by molar-refractivity contribution is -0.132. The monoisotopic (exact) mass is 328 g/mol. The van der Waals surface area contributed by atoms with E-state index in [9.17, 15) is 9.59 Å². The van der Waals surface area contributed by atoms with Gasteiger partial charge >= 0.3 is 0 Å². The number of hydrogen-bond acceptors (Lipinski definition) is 5. The minimum absolute atomic E-state index is 0.0334. The molecule has 1 saturated carbocycles. The topological polar surface area (TPSA) is 81.2 Å². The zero-order chi connectivity index (χ0) is 16.5. The van der Waals surface area contributed by atoms with Crippen LogP contribution in [0, 0.1) is 0 Å². The molecule has 1 saturated heterocycles. The van der Waals surface area contributed by atoms with E-state index in [2.05, 4.69) is 10.1 Å². The summed E-state index contributed by atoms with van der Waals surface area (Å²) < 4.78 is 6.89. The maximum atomic E-state index is 12.6. The van der Waals surface area contributed by atoms with Gasteiger partial charge in [-0.3, -0.25) is 9.59 Å². The second kappa shape index (κ2) is 6.22. The minimum atomic E-state index is -0.0961. The number of amides is 1. The fourth-order valence-electron chi connectivity index (χ4n) is 3.22. The molecule has 24 heavy (non-hydrogen) atoms. The van der Waals surface area contributed by atoms with Crippen LogP contribution < -0.4 is 5.56 Å². The van der Waals surface area contributed by atoms with Gasteiger partial charge in [0.25, 0.3) is 5.56 Å². The number of pyridine rings is 1. The summed E-state index contributed by atoms with van der Waals surface area (Å²) in [5, 5.41) is 4.09. The average molecular weight is 328 g/mol. The van der Waals surface area contributed by atoms with Gasteiger partial charge in [0.2, 0.25) is 11.8 Å². The van der Waals surface area contributed by atoms with Gasteiger partial charge in [0.1, 0.15) is 0 Å². The molecule has 0 unspecified atom stereocenters. The molecule has 7 nitrogen and oxygen atoms in total. The van der Waals surface area contributed by atoms with E-state index in [0.717, 1.165) is 25.7 Å². The van der Waals surface area contributed by atoms with Crippen molar-refractivity contribution in [1.29, 1.82) is 0 Å². The van der Waals surface area contributed by atoms with E-state index < -0.39 is 0 Å². The third-order valence-electron chi connectivity index (χ3n) is 4.72. The van der Waals surface area contributed by atoms with Crippen molar-refractivity contribution in [2.75, 3.05) is 6.54 Å². The molecule has 1 aliphatic carbocycles. The molecule has 0 radical (unpaired) electrons. The zero-order valence-corrected chi connectivity index (χ0v) is 13.4. The smallest absolute Gasteiger partial charge is 0.250 e. The molecule has 7 heteroatoms. The number of likely N-dealkylation sites (tertiary alicyclic amines) is 1. The van der Waals surface area contributed by atoms with Gasteiger partial charge < -0.3 is 14.0 Å². The summed E-state index contributed by atoms with van der Waals surface area (Å²) in [5.41, 5.74) is -0.0875. The fourth-order valence-corrected chi connectivity index (χ4v) is 3.22. The number of aromatic nitrogens is 3. The molecule has 126 valence electrons. The first kappa shape index (κ1) is 15.1. The number of carbonyl (C=O) groups excluding carboxylic acids is 1. The van der Waals surface area contributed by atoms with Crippen molar-refractivity contribution < 1.29 is 9.32 Å². The molecule has 3 heterocycles. The van der Waals surface area contributed by atoms with Crippen LogP contribution in [0.1, 0.15) is 55.8 Å². The normalized spacial score (nSPS) is 20.5. The van der Waals surface area contributed by atoms with Crippen molar-refractivity contribution in [1.82, 2.24) is 19.6 Å². The largest absolute Gasteiger partial charge is 0.339 e. The van der Waals surface area contributed by atoms with Crippen LogP contribution in [-0.2, 0) is 11.3 Å². The number of hydrogen-bond donors (Lipinski definition) is 0. The van der Waals surface area contributed by atoms with E-state index in [1.165, 1.54) is 6.07 Å². The molecular weight excluding hydrogens is 308 g/mol. The molecule has 4 rings (SSSR count). The maximum Gasteiger partial charge on any atom is 0.250 e. The Morgan fingerprint density at radius 2 is 2.17 bits per heavy atom. The molecule has 0 bridgehead atoms. The third-order valence-corrected chi connectivity index (χ3v) is 4.72. The lowest BCUT2D eigenvalue weighted by atomic mass is 10.2. The van der Waals surface area contributed by atoms with Gasteiger partial charge in [-0.05, 0) is 31.7 Å². The van der Waals surface area contributed by atoms with Crippen molar-refractivity contribution in [3.05, 3.63) is 46.5 Å². The molecule has 2 aromatic rings. The lowest BCUT2D eigenvalue weighted by Crippen LogP contribution is -2.32. The predicted octanol–water partition coefficient (Wildman–Crippen LogP) is 1.86. The van der Waals surface area contributed by atoms with Crippen LogP contribution in [0.3, 0.4) is 0 Å². The quantitative estimate of drug-likeness (QED) is 0.837. The van der Waals surface area contributed by atoms with Gasteiger partial charge in [-0.15, -0.1) is 0 Å². The van der Waals surface area contributed by atoms with Crippen LogP contribution in [0.25, 0.3) is 0 Å². The standard InChI is InChI=1S/C17H20N4O3/c22-14-5-1-2-9-20(14)11-8-15(23)21-10-3-4-13(21)16-18-17(24-19-16)12-6-7-12/h1-2,5,9,12-13H,3-4,6-8,10-11H2/t13-/m1/s1. The van der Waals surface area contributed by atoms with Crippen LogP contribution >= 0.6 is 0 Å². The molecule has 2 aliphatic rings. The Hall–Kier alpha value is -2.44. The van der Waals surface area contributed by atoms with Gasteiger partial charge in [-0.1, -0.05) is 11.2 Å². The molecular formula is C17H20N4O3. The fraction of sp³-hybridized carbons (Fsp3) is 0.529. The first-order valence-electron chi connectivity index (χ1n) is 8.51. The van der Waals surface area contributed by atoms with E-state index in [4.69, 9.17) is 4.52 Å². The Morgan fingerprint density at radius 3 is 2.96 bits per heavy atom. The highest BCUT2D eigenvalue weighted by atomic mass is 16.5. The van der Waals surface area contributed by atoms with Gasteiger partial charge in [0.15, 0.2) is 5.82 Å². The molecule has 0 N–H and O–H groups in total. The van der Waals surface area contributed by atoms with Crippen molar-refractivity contribution in [2.24, 2.45) is 0 Å². The SMILES string of the molecule is O=C(CCn1ccccc1=O)N1CCC[C@@H]1c1noc(C2CC2)n1. The second-order valence-corrected chi connectivity index (χ2v) is 6.49. The summed E-state index contributed by atoms with van der Waals surface area (Å²) in [5.74, 6) is 1.78. The van der Waals surface area contributed by atoms with Crippen molar-refractivity contribution in [2.45, 2.75) is 50.6 Å². The summed E-state index contributed by atoms with van der Waals surface area (Å²) >= 11 is 0. The van der Waals surface area contributed by atoms with Gasteiger partial charge in [0.05, 0.1) is 6.04 Å². The van der Waals surface area contributed by atoms with Crippen molar-refractivity contribution in [3.8, 4) is 0 Å². The second-order valence-electron chi connectivity index (χ2n) is 6.49. The molecule has 1 atom stereocenters. The van der Waals surface area contributed by atoms with Gasteiger partial charge in [-0.25, -0.2) is 0 Å². The Bertz CT molecular complexity index is 793. The Balaban J connectivity index is 1.42. The Kier molecular flexibility index (Phi) is 3.92. The van der Waals surface area contributed by atoms with E-state index in [0.29, 0.717) is 37.1 Å². The van der Waals surface area contributed by atoms with Crippen molar-refractivity contribution >= 4 is 5.91 Å². The molecule has 2 aromatic heterocycles. The highest BCUT2D eigenvalue weighted by Gasteiger charge is 2.35. The predicted molar refractivity (Wildman–Crippen MR) is 85.3 cm³/mol. The number of carbonyl (C=O) groups is 1. The molecule has 1 amide bonds. The van der Waals surface area contributed by atoms with Crippen LogP contribution in [0.15, 0.2) is 33.7 Å². The first-order chi connectivity index (χ1) is 11.7. The summed E-state index contributed by atoms with van der Waals surface area (Å²) in [7, 11) is 0. The molecule has 0 aromatic carbocycles. The van der Waals surface area contributed by atoms with E-state index in [1.54, 1.807) is 22.9 Å². The number of rotatable bonds is 5. The highest BCUT2D eigenvalue weighted by molar-refractivity contribution is 5.76. The van der Waals surface area contributed by atoms with E-state index >= 15 is 0 Å². The van der Waals surface area contributed by atoms with Crippen molar-refractivity contribution in [3.63, 3.8) is 0 Å². The molecule has 0 spiro atoms. The Morgan fingerprint density at radius 1 is 1.29 bits per heavy atom. The highest BCUT2D eigenvalue weighted by Crippen LogP contribution is 2.40. The number of nitrogens with zero attached hydrogens (tertiary/aromatic N) is 4. The van der Waals surface area contributed by atoms with Crippen LogP contribution in [0.2, 0.25) is 0 Å². The average Bonchev–Trinajstić information content (AvgIpc) is 3.12. The number of aryl methyl sites for hydroxylation is 1. The molecule has 2 fully saturated rings. The summed E-state index contributed by atoms with van der Waals surface area (Å²) in [6.07, 6.45) is 6.03. The summed E-state index contributed by atoms with van der Waals surface area (Å²) in [4.78, 5) is 30.6.